The topological polar surface area (TPSA) is 94.3 Å². The summed E-state index contributed by atoms with van der Waals surface area (Å²) in [6.45, 7) is 0. The third-order valence-corrected chi connectivity index (χ3v) is 6.35. The first-order valence-electron chi connectivity index (χ1n) is 9.35. The number of methoxy groups -OCH3 is 1. The van der Waals surface area contributed by atoms with E-state index in [2.05, 4.69) is 25.6 Å². The summed E-state index contributed by atoms with van der Waals surface area (Å²) in [4.78, 5) is 16.8. The van der Waals surface area contributed by atoms with Gasteiger partial charge in [0.15, 0.2) is 16.6 Å². The average Bonchev–Trinajstić information content (AvgIpc) is 3.41. The predicted octanol–water partition coefficient (Wildman–Crippen LogP) is 4.14. The lowest BCUT2D eigenvalue weighted by molar-refractivity contribution is -0.113. The van der Waals surface area contributed by atoms with Gasteiger partial charge in [-0.15, -0.1) is 10.2 Å². The van der Waals surface area contributed by atoms with Gasteiger partial charge in [0, 0.05) is 5.56 Å². The summed E-state index contributed by atoms with van der Waals surface area (Å²) < 4.78 is 7.92. The fourth-order valence-corrected chi connectivity index (χ4v) is 4.53. The van der Waals surface area contributed by atoms with E-state index in [1.807, 2.05) is 60.7 Å². The molecule has 8 nitrogen and oxygen atoms in total. The van der Waals surface area contributed by atoms with Gasteiger partial charge in [0.25, 0.3) is 0 Å². The van der Waals surface area contributed by atoms with Crippen molar-refractivity contribution >= 4 is 50.0 Å². The number of carbonyl (C=O) groups is 1. The molecule has 1 N–H and O–H groups in total. The molecule has 5 aromatic rings. The Morgan fingerprint density at radius 1 is 1.10 bits per heavy atom. The summed E-state index contributed by atoms with van der Waals surface area (Å²) in [5, 5.41) is 17.2. The Morgan fingerprint density at radius 2 is 1.94 bits per heavy atom. The number of amides is 1. The van der Waals surface area contributed by atoms with Crippen molar-refractivity contribution < 1.29 is 9.53 Å². The highest BCUT2D eigenvalue weighted by Gasteiger charge is 2.12. The van der Waals surface area contributed by atoms with Crippen molar-refractivity contribution in [3.8, 4) is 17.1 Å². The van der Waals surface area contributed by atoms with Crippen LogP contribution in [-0.2, 0) is 4.79 Å². The molecular weight excluding hydrogens is 432 g/mol. The molecule has 0 unspecified atom stereocenters. The second-order valence-corrected chi connectivity index (χ2v) is 8.54. The van der Waals surface area contributed by atoms with Crippen molar-refractivity contribution in [2.24, 2.45) is 0 Å². The normalized spacial score (nSPS) is 11.1. The van der Waals surface area contributed by atoms with Crippen LogP contribution in [0.5, 0.6) is 5.75 Å². The van der Waals surface area contributed by atoms with Crippen LogP contribution in [0.4, 0.5) is 5.13 Å². The highest BCUT2D eigenvalue weighted by atomic mass is 32.2. The molecule has 0 fully saturated rings. The van der Waals surface area contributed by atoms with Crippen molar-refractivity contribution in [1.29, 1.82) is 0 Å². The van der Waals surface area contributed by atoms with Gasteiger partial charge in [0.1, 0.15) is 10.8 Å². The number of anilines is 1. The number of hydrogen-bond acceptors (Lipinski definition) is 8. The largest absolute Gasteiger partial charge is 0.497 e. The zero-order valence-electron chi connectivity index (χ0n) is 16.3. The third-order valence-electron chi connectivity index (χ3n) is 4.48. The minimum atomic E-state index is -0.134. The standard InChI is InChI=1S/C21H16N6O2S2/c1-29-14-8-6-13(7-9-14)20-25-24-17-10-11-19(26-27(17)20)30-12-18(28)23-21-22-15-4-2-3-5-16(15)31-21/h2-11H,12H2,1H3,(H,22,23,28). The number of thiazole rings is 1. The zero-order valence-corrected chi connectivity index (χ0v) is 18.0. The SMILES string of the molecule is COc1ccc(-c2nnc3ccc(SCC(=O)Nc4nc5ccccc5s4)nn23)cc1. The Balaban J connectivity index is 1.30. The van der Waals surface area contributed by atoms with Crippen LogP contribution < -0.4 is 10.1 Å². The van der Waals surface area contributed by atoms with Gasteiger partial charge in [0.2, 0.25) is 5.91 Å². The highest BCUT2D eigenvalue weighted by Crippen LogP contribution is 2.26. The van der Waals surface area contributed by atoms with Gasteiger partial charge in [-0.05, 0) is 48.5 Å². The number of ether oxygens (including phenoxy) is 1. The number of aromatic nitrogens is 5. The summed E-state index contributed by atoms with van der Waals surface area (Å²) in [6.07, 6.45) is 0. The van der Waals surface area contributed by atoms with E-state index in [4.69, 9.17) is 4.74 Å². The van der Waals surface area contributed by atoms with Crippen molar-refractivity contribution in [1.82, 2.24) is 24.8 Å². The van der Waals surface area contributed by atoms with Gasteiger partial charge in [0.05, 0.1) is 23.1 Å². The molecule has 0 bridgehead atoms. The maximum atomic E-state index is 12.4. The number of nitrogens with one attached hydrogen (secondary N) is 1. The van der Waals surface area contributed by atoms with Crippen LogP contribution in [0.2, 0.25) is 0 Å². The summed E-state index contributed by atoms with van der Waals surface area (Å²) >= 11 is 2.80. The predicted molar refractivity (Wildman–Crippen MR) is 122 cm³/mol. The summed E-state index contributed by atoms with van der Waals surface area (Å²) in [7, 11) is 1.62. The lowest BCUT2D eigenvalue weighted by Crippen LogP contribution is -2.14. The van der Waals surface area contributed by atoms with Crippen molar-refractivity contribution in [3.05, 3.63) is 60.7 Å². The van der Waals surface area contributed by atoms with Gasteiger partial charge < -0.3 is 10.1 Å². The molecule has 0 saturated carbocycles. The van der Waals surface area contributed by atoms with Crippen LogP contribution in [-0.4, -0.2) is 43.6 Å². The van der Waals surface area contributed by atoms with Crippen LogP contribution in [0.3, 0.4) is 0 Å². The monoisotopic (exact) mass is 448 g/mol. The summed E-state index contributed by atoms with van der Waals surface area (Å²) in [5.41, 5.74) is 2.38. The molecule has 154 valence electrons. The maximum absolute atomic E-state index is 12.4. The Bertz CT molecular complexity index is 1350. The maximum Gasteiger partial charge on any atom is 0.236 e. The highest BCUT2D eigenvalue weighted by molar-refractivity contribution is 7.99. The molecular formula is C21H16N6O2S2. The van der Waals surface area contributed by atoms with Gasteiger partial charge in [-0.25, -0.2) is 4.98 Å². The van der Waals surface area contributed by atoms with E-state index < -0.39 is 0 Å². The molecule has 2 aromatic carbocycles. The Morgan fingerprint density at radius 3 is 2.74 bits per heavy atom. The number of fused-ring (bicyclic) bond motifs is 2. The van der Waals surface area contributed by atoms with E-state index in [0.717, 1.165) is 21.5 Å². The number of nitrogens with zero attached hydrogens (tertiary/aromatic N) is 5. The second-order valence-electron chi connectivity index (χ2n) is 6.52. The van der Waals surface area contributed by atoms with Crippen LogP contribution in [0.25, 0.3) is 27.3 Å². The number of para-hydroxylation sites is 1. The summed E-state index contributed by atoms with van der Waals surface area (Å²) in [6, 6.07) is 19.0. The molecule has 3 aromatic heterocycles. The zero-order chi connectivity index (χ0) is 21.2. The number of hydrogen-bond donors (Lipinski definition) is 1. The lowest BCUT2D eigenvalue weighted by atomic mass is 10.2. The molecule has 0 radical (unpaired) electrons. The molecule has 0 saturated heterocycles. The number of carbonyl (C=O) groups excluding carboxylic acids is 1. The smallest absolute Gasteiger partial charge is 0.236 e. The quantitative estimate of drug-likeness (QED) is 0.390. The van der Waals surface area contributed by atoms with Crippen molar-refractivity contribution in [2.75, 3.05) is 18.2 Å². The molecule has 0 spiro atoms. The minimum Gasteiger partial charge on any atom is -0.497 e. The van der Waals surface area contributed by atoms with Crippen LogP contribution in [0, 0.1) is 0 Å². The van der Waals surface area contributed by atoms with Crippen LogP contribution in [0.1, 0.15) is 0 Å². The molecule has 0 aliphatic rings. The van der Waals surface area contributed by atoms with Crippen LogP contribution in [0.15, 0.2) is 65.7 Å². The minimum absolute atomic E-state index is 0.134. The van der Waals surface area contributed by atoms with Gasteiger partial charge in [-0.3, -0.25) is 4.79 Å². The fraction of sp³-hybridized carbons (Fsp3) is 0.0952. The van der Waals surface area contributed by atoms with Crippen molar-refractivity contribution in [2.45, 2.75) is 5.03 Å². The molecule has 5 rings (SSSR count). The van der Waals surface area contributed by atoms with Gasteiger partial charge in [-0.1, -0.05) is 35.2 Å². The first kappa shape index (κ1) is 19.5. The second kappa shape index (κ2) is 8.32. The van der Waals surface area contributed by atoms with Gasteiger partial charge >= 0.3 is 0 Å². The Kier molecular flexibility index (Phi) is 5.23. The lowest BCUT2D eigenvalue weighted by Gasteiger charge is -2.04. The number of thioether (sulfide) groups is 1. The average molecular weight is 449 g/mol. The molecule has 0 aliphatic carbocycles. The van der Waals surface area contributed by atoms with E-state index in [1.165, 1.54) is 23.1 Å². The van der Waals surface area contributed by atoms with Gasteiger partial charge in [-0.2, -0.15) is 9.61 Å². The van der Waals surface area contributed by atoms with Crippen molar-refractivity contribution in [3.63, 3.8) is 0 Å². The fourth-order valence-electron chi connectivity index (χ4n) is 2.99. The first-order chi connectivity index (χ1) is 15.2. The number of benzene rings is 2. The third kappa shape index (κ3) is 4.07. The Hall–Kier alpha value is -3.50. The van der Waals surface area contributed by atoms with E-state index in [9.17, 15) is 4.79 Å². The molecule has 0 atom stereocenters. The van der Waals surface area contributed by atoms with Crippen LogP contribution >= 0.6 is 23.1 Å². The van der Waals surface area contributed by atoms with E-state index in [1.54, 1.807) is 11.6 Å². The number of rotatable bonds is 6. The first-order valence-corrected chi connectivity index (χ1v) is 11.1. The summed E-state index contributed by atoms with van der Waals surface area (Å²) in [5.74, 6) is 1.47. The Labute approximate surface area is 185 Å². The molecule has 10 heteroatoms. The molecule has 31 heavy (non-hydrogen) atoms. The molecule has 1 amide bonds. The molecule has 0 aliphatic heterocycles. The molecule has 3 heterocycles. The van der Waals surface area contributed by atoms with E-state index >= 15 is 0 Å². The van der Waals surface area contributed by atoms with E-state index in [-0.39, 0.29) is 11.7 Å². The van der Waals surface area contributed by atoms with E-state index in [0.29, 0.717) is 21.6 Å².